The Balaban J connectivity index is 1.57. The zero-order valence-corrected chi connectivity index (χ0v) is 19.7. The van der Waals surface area contributed by atoms with Crippen LogP contribution in [0.15, 0.2) is 48.5 Å². The number of hydrogen-bond acceptors (Lipinski definition) is 4. The molecule has 0 saturated carbocycles. The van der Waals surface area contributed by atoms with Gasteiger partial charge >= 0.3 is 0 Å². The highest BCUT2D eigenvalue weighted by molar-refractivity contribution is 6.09. The number of ether oxygens (including phenoxy) is 1. The molecule has 2 heterocycles. The van der Waals surface area contributed by atoms with Crippen molar-refractivity contribution in [3.05, 3.63) is 70.9 Å². The smallest absolute Gasteiger partial charge is 0.255 e. The van der Waals surface area contributed by atoms with Crippen LogP contribution in [0.1, 0.15) is 46.9 Å². The largest absolute Gasteiger partial charge is 0.497 e. The maximum Gasteiger partial charge on any atom is 0.255 e. The lowest BCUT2D eigenvalue weighted by atomic mass is 9.85. The lowest BCUT2D eigenvalue weighted by molar-refractivity contribution is -0.130. The number of benzene rings is 2. The van der Waals surface area contributed by atoms with E-state index in [0.717, 1.165) is 63.9 Å². The van der Waals surface area contributed by atoms with Gasteiger partial charge < -0.3 is 14.5 Å². The fraction of sp³-hybridized carbons (Fsp3) is 0.321. The molecular weight excluding hydrogens is 426 g/mol. The van der Waals surface area contributed by atoms with Crippen molar-refractivity contribution in [1.29, 1.82) is 0 Å². The van der Waals surface area contributed by atoms with Crippen LogP contribution in [0.2, 0.25) is 0 Å². The predicted octanol–water partition coefficient (Wildman–Crippen LogP) is 4.42. The molecule has 1 saturated heterocycles. The molecule has 0 atom stereocenters. The van der Waals surface area contributed by atoms with Crippen LogP contribution < -0.4 is 4.74 Å². The molecule has 6 nitrogen and oxygen atoms in total. The average molecular weight is 456 g/mol. The van der Waals surface area contributed by atoms with Crippen molar-refractivity contribution in [3.63, 3.8) is 0 Å². The predicted molar refractivity (Wildman–Crippen MR) is 134 cm³/mol. The monoisotopic (exact) mass is 455 g/mol. The number of hydrogen-bond donors (Lipinski definition) is 0. The third kappa shape index (κ3) is 4.16. The highest BCUT2D eigenvalue weighted by atomic mass is 16.5. The summed E-state index contributed by atoms with van der Waals surface area (Å²) in [6.07, 6.45) is 4.92. The molecule has 2 aromatic carbocycles. The van der Waals surface area contributed by atoms with Gasteiger partial charge in [0.25, 0.3) is 5.91 Å². The van der Waals surface area contributed by atoms with Gasteiger partial charge in [-0.15, -0.1) is 0 Å². The summed E-state index contributed by atoms with van der Waals surface area (Å²) < 4.78 is 5.29. The molecule has 6 heteroatoms. The van der Waals surface area contributed by atoms with E-state index in [4.69, 9.17) is 9.72 Å². The Labute approximate surface area is 199 Å². The van der Waals surface area contributed by atoms with E-state index < -0.39 is 0 Å². The number of piperazine rings is 1. The first-order chi connectivity index (χ1) is 16.5. The Kier molecular flexibility index (Phi) is 6.05. The minimum atomic E-state index is 0.0451. The number of allylic oxidation sites excluding steroid dienone is 1. The van der Waals surface area contributed by atoms with Crippen LogP contribution in [-0.2, 0) is 11.2 Å². The van der Waals surface area contributed by atoms with E-state index in [-0.39, 0.29) is 11.8 Å². The first kappa shape index (κ1) is 22.1. The minimum Gasteiger partial charge on any atom is -0.497 e. The van der Waals surface area contributed by atoms with E-state index in [9.17, 15) is 9.59 Å². The second-order valence-corrected chi connectivity index (χ2v) is 8.93. The third-order valence-electron chi connectivity index (χ3n) is 6.85. The lowest BCUT2D eigenvalue weighted by Crippen LogP contribution is -2.50. The van der Waals surface area contributed by atoms with E-state index in [2.05, 4.69) is 6.08 Å². The van der Waals surface area contributed by atoms with Crippen LogP contribution in [0.25, 0.3) is 22.6 Å². The molecule has 34 heavy (non-hydrogen) atoms. The zero-order valence-electron chi connectivity index (χ0n) is 19.7. The van der Waals surface area contributed by atoms with Crippen LogP contribution in [0, 0.1) is 0 Å². The first-order valence-corrected chi connectivity index (χ1v) is 11.9. The molecule has 0 bridgehead atoms. The summed E-state index contributed by atoms with van der Waals surface area (Å²) in [5.74, 6) is 0.934. The second-order valence-electron chi connectivity index (χ2n) is 8.93. The molecule has 0 N–H and O–H groups in total. The Morgan fingerprint density at radius 3 is 2.35 bits per heavy atom. The molecule has 1 aliphatic carbocycles. The molecule has 2 amide bonds. The van der Waals surface area contributed by atoms with Crippen LogP contribution in [0.5, 0.6) is 5.75 Å². The number of para-hydroxylation sites is 1. The van der Waals surface area contributed by atoms with E-state index in [1.165, 1.54) is 0 Å². The molecule has 1 fully saturated rings. The lowest BCUT2D eigenvalue weighted by Gasteiger charge is -2.35. The van der Waals surface area contributed by atoms with Crippen molar-refractivity contribution in [2.75, 3.05) is 33.3 Å². The van der Waals surface area contributed by atoms with Gasteiger partial charge in [0.1, 0.15) is 5.75 Å². The number of methoxy groups -OCH3 is 1. The third-order valence-corrected chi connectivity index (χ3v) is 6.85. The number of amides is 2. The van der Waals surface area contributed by atoms with Crippen molar-refractivity contribution in [1.82, 2.24) is 14.8 Å². The number of nitrogens with zero attached hydrogens (tertiary/aromatic N) is 3. The number of aromatic nitrogens is 1. The molecule has 5 rings (SSSR count). The van der Waals surface area contributed by atoms with Gasteiger partial charge in [0.2, 0.25) is 5.91 Å². The van der Waals surface area contributed by atoms with Gasteiger partial charge in [-0.1, -0.05) is 30.3 Å². The normalized spacial score (nSPS) is 17.1. The van der Waals surface area contributed by atoms with Gasteiger partial charge in [-0.05, 0) is 60.2 Å². The van der Waals surface area contributed by atoms with Crippen LogP contribution >= 0.6 is 0 Å². The van der Waals surface area contributed by atoms with E-state index in [1.807, 2.05) is 53.4 Å². The van der Waals surface area contributed by atoms with Gasteiger partial charge in [0, 0.05) is 38.5 Å². The molecule has 174 valence electrons. The van der Waals surface area contributed by atoms with Crippen LogP contribution in [0.3, 0.4) is 0 Å². The SMILES string of the molecule is COc1ccc(C=C2CCCc3c2nc2ccccc2c3C(=O)N2CCN(C(C)=O)CC2)cc1. The quantitative estimate of drug-likeness (QED) is 0.586. The average Bonchev–Trinajstić information content (AvgIpc) is 2.88. The van der Waals surface area contributed by atoms with Gasteiger partial charge in [-0.2, -0.15) is 0 Å². The molecule has 1 aromatic heterocycles. The van der Waals surface area contributed by atoms with Gasteiger partial charge in [-0.3, -0.25) is 9.59 Å². The maximum absolute atomic E-state index is 13.9. The molecule has 0 radical (unpaired) electrons. The number of pyridine rings is 1. The standard InChI is InChI=1S/C28H29N3O3/c1-19(32)30-14-16-31(17-15-30)28(33)26-23-7-3-4-9-25(23)29-27-21(6-5-8-24(26)27)18-20-10-12-22(34-2)13-11-20/h3-4,7,9-13,18H,5-6,8,14-17H2,1-2H3. The Morgan fingerprint density at radius 1 is 0.941 bits per heavy atom. The van der Waals surface area contributed by atoms with E-state index in [0.29, 0.717) is 26.2 Å². The van der Waals surface area contributed by atoms with Crippen molar-refractivity contribution >= 4 is 34.4 Å². The summed E-state index contributed by atoms with van der Waals surface area (Å²) in [6, 6.07) is 15.9. The fourth-order valence-electron chi connectivity index (χ4n) is 5.00. The number of fused-ring (bicyclic) bond motifs is 2. The first-order valence-electron chi connectivity index (χ1n) is 11.9. The second kappa shape index (κ2) is 9.29. The molecule has 0 spiro atoms. The summed E-state index contributed by atoms with van der Waals surface area (Å²) in [7, 11) is 1.67. The highest BCUT2D eigenvalue weighted by Crippen LogP contribution is 2.37. The Morgan fingerprint density at radius 2 is 1.65 bits per heavy atom. The highest BCUT2D eigenvalue weighted by Gasteiger charge is 2.29. The fourth-order valence-corrected chi connectivity index (χ4v) is 5.00. The molecule has 2 aliphatic rings. The zero-order chi connectivity index (χ0) is 23.7. The minimum absolute atomic E-state index is 0.0451. The summed E-state index contributed by atoms with van der Waals surface area (Å²) >= 11 is 0. The molecular formula is C28H29N3O3. The summed E-state index contributed by atoms with van der Waals surface area (Å²) in [4.78, 5) is 34.3. The van der Waals surface area contributed by atoms with Gasteiger partial charge in [0.05, 0.1) is 23.9 Å². The number of carbonyl (C=O) groups excluding carboxylic acids is 2. The summed E-state index contributed by atoms with van der Waals surface area (Å²) in [5.41, 5.74) is 5.85. The Bertz CT molecular complexity index is 1270. The van der Waals surface area contributed by atoms with E-state index >= 15 is 0 Å². The molecule has 1 aliphatic heterocycles. The maximum atomic E-state index is 13.9. The van der Waals surface area contributed by atoms with Crippen molar-refractivity contribution in [2.45, 2.75) is 26.2 Å². The van der Waals surface area contributed by atoms with Crippen LogP contribution in [0.4, 0.5) is 0 Å². The molecule has 0 unspecified atom stereocenters. The van der Waals surface area contributed by atoms with Gasteiger partial charge in [-0.25, -0.2) is 4.98 Å². The summed E-state index contributed by atoms with van der Waals surface area (Å²) in [5, 5.41) is 0.908. The number of rotatable bonds is 3. The molecule has 3 aromatic rings. The van der Waals surface area contributed by atoms with Crippen molar-refractivity contribution in [3.8, 4) is 5.75 Å². The van der Waals surface area contributed by atoms with E-state index in [1.54, 1.807) is 18.9 Å². The van der Waals surface area contributed by atoms with Gasteiger partial charge in [0.15, 0.2) is 0 Å². The van der Waals surface area contributed by atoms with Crippen LogP contribution in [-0.4, -0.2) is 59.9 Å². The van der Waals surface area contributed by atoms with Crippen molar-refractivity contribution < 1.29 is 14.3 Å². The summed E-state index contributed by atoms with van der Waals surface area (Å²) in [6.45, 7) is 3.85. The number of carbonyl (C=O) groups is 2. The topological polar surface area (TPSA) is 62.7 Å². The van der Waals surface area contributed by atoms with Crippen molar-refractivity contribution in [2.24, 2.45) is 0 Å². The Hall–Kier alpha value is -3.67.